The summed E-state index contributed by atoms with van der Waals surface area (Å²) in [6.45, 7) is 2.80. The molecule has 0 atom stereocenters. The van der Waals surface area contributed by atoms with E-state index in [4.69, 9.17) is 4.74 Å². The molecule has 0 spiro atoms. The third kappa shape index (κ3) is 3.91. The van der Waals surface area contributed by atoms with Gasteiger partial charge < -0.3 is 9.84 Å². The van der Waals surface area contributed by atoms with Crippen molar-refractivity contribution < 1.29 is 19.6 Å². The van der Waals surface area contributed by atoms with Gasteiger partial charge in [0.15, 0.2) is 11.5 Å². The number of benzene rings is 1. The first-order chi connectivity index (χ1) is 11.8. The van der Waals surface area contributed by atoms with Gasteiger partial charge in [0, 0.05) is 5.56 Å². The third-order valence-corrected chi connectivity index (χ3v) is 3.46. The SMILES string of the molecule is COc1cccc(/C=N\NC(=O)Cn2nc(C)c([N+](=O)[O-])c2C)c1O. The molecule has 0 aliphatic heterocycles. The van der Waals surface area contributed by atoms with Gasteiger partial charge in [0.2, 0.25) is 0 Å². The molecule has 1 heterocycles. The highest BCUT2D eigenvalue weighted by molar-refractivity contribution is 5.86. The molecule has 0 unspecified atom stereocenters. The predicted octanol–water partition coefficient (Wildman–Crippen LogP) is 1.27. The fourth-order valence-corrected chi connectivity index (χ4v) is 2.26. The van der Waals surface area contributed by atoms with Gasteiger partial charge in [0.1, 0.15) is 17.9 Å². The van der Waals surface area contributed by atoms with Crippen molar-refractivity contribution in [1.82, 2.24) is 15.2 Å². The molecule has 132 valence electrons. The molecule has 0 bridgehead atoms. The Balaban J connectivity index is 2.05. The van der Waals surface area contributed by atoms with Crippen LogP contribution in [-0.2, 0) is 11.3 Å². The Morgan fingerprint density at radius 2 is 2.24 bits per heavy atom. The van der Waals surface area contributed by atoms with Crippen LogP contribution in [0.3, 0.4) is 0 Å². The van der Waals surface area contributed by atoms with Crippen molar-refractivity contribution in [2.45, 2.75) is 20.4 Å². The van der Waals surface area contributed by atoms with Crippen LogP contribution < -0.4 is 10.2 Å². The fourth-order valence-electron chi connectivity index (χ4n) is 2.26. The number of hydrogen-bond donors (Lipinski definition) is 2. The zero-order chi connectivity index (χ0) is 18.6. The maximum atomic E-state index is 11.9. The number of amides is 1. The van der Waals surface area contributed by atoms with Crippen LogP contribution >= 0.6 is 0 Å². The smallest absolute Gasteiger partial charge is 0.312 e. The first-order valence-corrected chi connectivity index (χ1v) is 7.21. The number of aromatic nitrogens is 2. The molecule has 2 aromatic rings. The molecule has 10 heteroatoms. The Kier molecular flexibility index (Phi) is 5.32. The van der Waals surface area contributed by atoms with E-state index in [-0.39, 0.29) is 35.1 Å². The van der Waals surface area contributed by atoms with Gasteiger partial charge in [-0.2, -0.15) is 10.2 Å². The average molecular weight is 347 g/mol. The van der Waals surface area contributed by atoms with Gasteiger partial charge in [-0.15, -0.1) is 0 Å². The van der Waals surface area contributed by atoms with Crippen LogP contribution in [0.4, 0.5) is 5.69 Å². The summed E-state index contributed by atoms with van der Waals surface area (Å²) in [5, 5.41) is 28.6. The summed E-state index contributed by atoms with van der Waals surface area (Å²) in [4.78, 5) is 22.3. The van der Waals surface area contributed by atoms with Gasteiger partial charge in [-0.05, 0) is 26.0 Å². The van der Waals surface area contributed by atoms with Gasteiger partial charge in [0.05, 0.1) is 18.2 Å². The van der Waals surface area contributed by atoms with Crippen LogP contribution in [0.1, 0.15) is 17.0 Å². The highest BCUT2D eigenvalue weighted by atomic mass is 16.6. The second-order valence-electron chi connectivity index (χ2n) is 5.13. The first-order valence-electron chi connectivity index (χ1n) is 7.21. The lowest BCUT2D eigenvalue weighted by Gasteiger charge is -2.05. The molecule has 1 aromatic heterocycles. The topological polar surface area (TPSA) is 132 Å². The van der Waals surface area contributed by atoms with Crippen LogP contribution in [0.5, 0.6) is 11.5 Å². The Bertz CT molecular complexity index is 843. The van der Waals surface area contributed by atoms with Crippen molar-refractivity contribution in [3.8, 4) is 11.5 Å². The normalized spacial score (nSPS) is 10.8. The number of rotatable bonds is 6. The minimum Gasteiger partial charge on any atom is -0.504 e. The Morgan fingerprint density at radius 1 is 1.52 bits per heavy atom. The van der Waals surface area contributed by atoms with Crippen molar-refractivity contribution in [1.29, 1.82) is 0 Å². The number of aryl methyl sites for hydroxylation is 1. The highest BCUT2D eigenvalue weighted by Crippen LogP contribution is 2.27. The number of para-hydroxylation sites is 1. The standard InChI is InChI=1S/C15H17N5O5/c1-9-14(20(23)24)10(2)19(18-9)8-13(21)17-16-7-11-5-4-6-12(25-3)15(11)22/h4-7,22H,8H2,1-3H3,(H,17,21)/b16-7-. The second-order valence-corrected chi connectivity index (χ2v) is 5.13. The van der Waals surface area contributed by atoms with Crippen molar-refractivity contribution in [2.75, 3.05) is 7.11 Å². The van der Waals surface area contributed by atoms with Crippen molar-refractivity contribution in [2.24, 2.45) is 5.10 Å². The summed E-state index contributed by atoms with van der Waals surface area (Å²) in [6, 6.07) is 4.84. The lowest BCUT2D eigenvalue weighted by molar-refractivity contribution is -0.386. The molecule has 1 aromatic carbocycles. The fraction of sp³-hybridized carbons (Fsp3) is 0.267. The number of hydrazone groups is 1. The van der Waals surface area contributed by atoms with E-state index in [9.17, 15) is 20.0 Å². The van der Waals surface area contributed by atoms with Crippen LogP contribution in [-0.4, -0.2) is 39.0 Å². The number of carbonyl (C=O) groups is 1. The molecule has 0 saturated carbocycles. The van der Waals surface area contributed by atoms with Crippen molar-refractivity contribution in [3.63, 3.8) is 0 Å². The lowest BCUT2D eigenvalue weighted by atomic mass is 10.2. The number of phenolic OH excluding ortho intramolecular Hbond substituents is 1. The van der Waals surface area contributed by atoms with E-state index in [1.165, 1.54) is 31.9 Å². The molecule has 0 saturated heterocycles. The number of aromatic hydroxyl groups is 1. The molecule has 0 radical (unpaired) electrons. The van der Waals surface area contributed by atoms with E-state index >= 15 is 0 Å². The van der Waals surface area contributed by atoms with Gasteiger partial charge in [-0.1, -0.05) is 6.07 Å². The second kappa shape index (κ2) is 7.43. The molecule has 2 rings (SSSR count). The quantitative estimate of drug-likeness (QED) is 0.459. The molecule has 25 heavy (non-hydrogen) atoms. The van der Waals surface area contributed by atoms with E-state index in [1.54, 1.807) is 18.2 Å². The number of phenols is 1. The highest BCUT2D eigenvalue weighted by Gasteiger charge is 2.22. The summed E-state index contributed by atoms with van der Waals surface area (Å²) in [5.41, 5.74) is 3.05. The lowest BCUT2D eigenvalue weighted by Crippen LogP contribution is -2.24. The number of nitrogens with one attached hydrogen (secondary N) is 1. The van der Waals surface area contributed by atoms with Gasteiger partial charge >= 0.3 is 5.69 Å². The number of methoxy groups -OCH3 is 1. The van der Waals surface area contributed by atoms with Gasteiger partial charge in [-0.3, -0.25) is 19.6 Å². The Hall–Kier alpha value is -3.43. The minimum atomic E-state index is -0.532. The molecule has 10 nitrogen and oxygen atoms in total. The number of hydrogen-bond acceptors (Lipinski definition) is 7. The molecule has 2 N–H and O–H groups in total. The summed E-state index contributed by atoms with van der Waals surface area (Å²) in [5.74, 6) is -0.332. The predicted molar refractivity (Wildman–Crippen MR) is 88.8 cm³/mol. The first kappa shape index (κ1) is 17.9. The Labute approximate surface area is 142 Å². The monoisotopic (exact) mass is 347 g/mol. The van der Waals surface area contributed by atoms with Crippen LogP contribution in [0.25, 0.3) is 0 Å². The Morgan fingerprint density at radius 3 is 2.84 bits per heavy atom. The van der Waals surface area contributed by atoms with Crippen molar-refractivity contribution >= 4 is 17.8 Å². The summed E-state index contributed by atoms with van der Waals surface area (Å²) in [6.07, 6.45) is 1.26. The average Bonchev–Trinajstić information content (AvgIpc) is 2.83. The summed E-state index contributed by atoms with van der Waals surface area (Å²) in [7, 11) is 1.42. The number of ether oxygens (including phenoxy) is 1. The van der Waals surface area contributed by atoms with Gasteiger partial charge in [0.25, 0.3) is 5.91 Å². The van der Waals surface area contributed by atoms with Crippen LogP contribution in [0.2, 0.25) is 0 Å². The van der Waals surface area contributed by atoms with E-state index < -0.39 is 10.8 Å². The largest absolute Gasteiger partial charge is 0.504 e. The molecule has 0 aliphatic carbocycles. The third-order valence-electron chi connectivity index (χ3n) is 3.46. The summed E-state index contributed by atoms with van der Waals surface area (Å²) >= 11 is 0. The van der Waals surface area contributed by atoms with E-state index in [1.807, 2.05) is 0 Å². The maximum Gasteiger partial charge on any atom is 0.312 e. The minimum absolute atomic E-state index is 0.0998. The van der Waals surface area contributed by atoms with E-state index in [2.05, 4.69) is 15.6 Å². The molecule has 0 fully saturated rings. The number of carbonyl (C=O) groups excluding carboxylic acids is 1. The number of nitrogens with zero attached hydrogens (tertiary/aromatic N) is 4. The maximum absolute atomic E-state index is 11.9. The summed E-state index contributed by atoms with van der Waals surface area (Å²) < 4.78 is 6.21. The van der Waals surface area contributed by atoms with E-state index in [0.29, 0.717) is 5.56 Å². The zero-order valence-electron chi connectivity index (χ0n) is 13.9. The van der Waals surface area contributed by atoms with E-state index in [0.717, 1.165) is 0 Å². The molecular formula is C15H17N5O5. The van der Waals surface area contributed by atoms with Crippen LogP contribution in [0, 0.1) is 24.0 Å². The number of nitro groups is 1. The zero-order valence-corrected chi connectivity index (χ0v) is 13.9. The van der Waals surface area contributed by atoms with Gasteiger partial charge in [-0.25, -0.2) is 5.43 Å². The molecule has 1 amide bonds. The van der Waals surface area contributed by atoms with Crippen LogP contribution in [0.15, 0.2) is 23.3 Å². The molecular weight excluding hydrogens is 330 g/mol. The molecule has 0 aliphatic rings. The van der Waals surface area contributed by atoms with Crippen molar-refractivity contribution in [3.05, 3.63) is 45.3 Å².